The first-order valence-electron chi connectivity index (χ1n) is 11.3. The van der Waals surface area contributed by atoms with E-state index in [1.807, 2.05) is 0 Å². The molecule has 2 amide bonds. The molecule has 2 aromatic carbocycles. The van der Waals surface area contributed by atoms with Gasteiger partial charge in [-0.2, -0.15) is 18.3 Å². The summed E-state index contributed by atoms with van der Waals surface area (Å²) in [5.41, 5.74) is 4.64. The van der Waals surface area contributed by atoms with E-state index in [2.05, 4.69) is 15.4 Å². The third kappa shape index (κ3) is 6.61. The number of hydrogen-bond donors (Lipinski definition) is 2. The first-order chi connectivity index (χ1) is 18.4. The number of amides is 2. The van der Waals surface area contributed by atoms with E-state index in [9.17, 15) is 35.9 Å². The summed E-state index contributed by atoms with van der Waals surface area (Å²) in [6, 6.07) is 9.10. The highest BCUT2D eigenvalue weighted by Crippen LogP contribution is 2.31. The molecule has 2 heterocycles. The van der Waals surface area contributed by atoms with Crippen LogP contribution in [0.1, 0.15) is 33.4 Å². The molecule has 13 heteroatoms. The van der Waals surface area contributed by atoms with Crippen LogP contribution < -0.4 is 11.1 Å². The van der Waals surface area contributed by atoms with Crippen LogP contribution in [-0.4, -0.2) is 26.6 Å². The van der Waals surface area contributed by atoms with Crippen molar-refractivity contribution in [2.24, 2.45) is 5.73 Å². The van der Waals surface area contributed by atoms with E-state index in [0.29, 0.717) is 23.3 Å². The number of carbonyl (C=O) groups excluding carboxylic acids is 2. The smallest absolute Gasteiger partial charge is 0.366 e. The van der Waals surface area contributed by atoms with E-state index in [1.54, 1.807) is 6.07 Å². The number of benzene rings is 2. The van der Waals surface area contributed by atoms with Crippen LogP contribution in [0.5, 0.6) is 0 Å². The van der Waals surface area contributed by atoms with Crippen LogP contribution >= 0.6 is 0 Å². The van der Waals surface area contributed by atoms with Crippen molar-refractivity contribution in [2.45, 2.75) is 25.2 Å². The molecule has 1 unspecified atom stereocenters. The quantitative estimate of drug-likeness (QED) is 0.315. The van der Waals surface area contributed by atoms with Crippen LogP contribution in [-0.2, 0) is 23.9 Å². The molecule has 39 heavy (non-hydrogen) atoms. The standard InChI is InChI=1S/C26H19F6N5O2/c27-16-8-14(9-17(28)12-16)10-21(35-23(38)13-37-7-5-22(36-37)26(30,31)32)24-18(2-1-6-34-24)15-3-4-20(29)19(11-15)25(33)39/h1-9,11-12,21H,10,13H2,(H2,33,39)(H,35,38). The van der Waals surface area contributed by atoms with Gasteiger partial charge in [-0.1, -0.05) is 12.1 Å². The number of rotatable bonds is 8. The molecule has 4 aromatic rings. The normalized spacial score (nSPS) is 12.3. The number of primary amides is 1. The number of alkyl halides is 3. The number of pyridine rings is 1. The highest BCUT2D eigenvalue weighted by atomic mass is 19.4. The Morgan fingerprint density at radius 1 is 1.00 bits per heavy atom. The summed E-state index contributed by atoms with van der Waals surface area (Å²) in [7, 11) is 0. The van der Waals surface area contributed by atoms with Gasteiger partial charge in [0.25, 0.3) is 5.91 Å². The van der Waals surface area contributed by atoms with Crippen molar-refractivity contribution >= 4 is 11.8 Å². The molecule has 2 aromatic heterocycles. The van der Waals surface area contributed by atoms with Crippen LogP contribution in [0, 0.1) is 17.5 Å². The fourth-order valence-corrected chi connectivity index (χ4v) is 3.99. The van der Waals surface area contributed by atoms with Gasteiger partial charge in [0.1, 0.15) is 24.0 Å². The topological polar surface area (TPSA) is 103 Å². The Morgan fingerprint density at radius 3 is 2.36 bits per heavy atom. The lowest BCUT2D eigenvalue weighted by molar-refractivity contribution is -0.141. The van der Waals surface area contributed by atoms with Gasteiger partial charge in [0.15, 0.2) is 5.69 Å². The van der Waals surface area contributed by atoms with Crippen molar-refractivity contribution in [2.75, 3.05) is 0 Å². The SMILES string of the molecule is NC(=O)c1cc(-c2cccnc2C(Cc2cc(F)cc(F)c2)NC(=O)Cn2ccc(C(F)(F)F)n2)ccc1F. The number of nitrogens with one attached hydrogen (secondary N) is 1. The van der Waals surface area contributed by atoms with Gasteiger partial charge < -0.3 is 11.1 Å². The van der Waals surface area contributed by atoms with Crippen molar-refractivity contribution < 1.29 is 35.9 Å². The minimum Gasteiger partial charge on any atom is -0.366 e. The zero-order valence-corrected chi connectivity index (χ0v) is 19.8. The van der Waals surface area contributed by atoms with Crippen LogP contribution in [0.15, 0.2) is 67.0 Å². The lowest BCUT2D eigenvalue weighted by Gasteiger charge is -2.22. The molecule has 7 nitrogen and oxygen atoms in total. The average Bonchev–Trinajstić information content (AvgIpc) is 3.32. The molecule has 0 fully saturated rings. The molecular weight excluding hydrogens is 528 g/mol. The number of carbonyl (C=O) groups is 2. The summed E-state index contributed by atoms with van der Waals surface area (Å²) >= 11 is 0. The maximum absolute atomic E-state index is 14.1. The highest BCUT2D eigenvalue weighted by Gasteiger charge is 2.33. The Labute approximate surface area is 217 Å². The third-order valence-electron chi connectivity index (χ3n) is 5.65. The molecule has 0 saturated carbocycles. The number of halogens is 6. The molecule has 0 aliphatic rings. The van der Waals surface area contributed by atoms with Gasteiger partial charge in [0, 0.05) is 24.0 Å². The number of hydrogen-bond acceptors (Lipinski definition) is 4. The third-order valence-corrected chi connectivity index (χ3v) is 5.65. The van der Waals surface area contributed by atoms with E-state index in [0.717, 1.165) is 29.1 Å². The minimum atomic E-state index is -4.70. The van der Waals surface area contributed by atoms with E-state index < -0.39 is 59.3 Å². The average molecular weight is 547 g/mol. The molecule has 0 spiro atoms. The summed E-state index contributed by atoms with van der Waals surface area (Å²) in [4.78, 5) is 28.9. The second-order valence-electron chi connectivity index (χ2n) is 8.49. The zero-order chi connectivity index (χ0) is 28.3. The lowest BCUT2D eigenvalue weighted by Crippen LogP contribution is -2.34. The maximum atomic E-state index is 14.1. The van der Waals surface area contributed by atoms with E-state index in [-0.39, 0.29) is 17.7 Å². The minimum absolute atomic E-state index is 0.143. The van der Waals surface area contributed by atoms with Gasteiger partial charge >= 0.3 is 6.18 Å². The highest BCUT2D eigenvalue weighted by molar-refractivity contribution is 5.94. The molecule has 0 aliphatic carbocycles. The Kier molecular flexibility index (Phi) is 7.70. The van der Waals surface area contributed by atoms with Crippen LogP contribution in [0.4, 0.5) is 26.3 Å². The summed E-state index contributed by atoms with van der Waals surface area (Å²) < 4.78 is 81.4. The lowest BCUT2D eigenvalue weighted by atomic mass is 9.94. The molecule has 0 aliphatic heterocycles. The van der Waals surface area contributed by atoms with Crippen LogP contribution in [0.3, 0.4) is 0 Å². The molecule has 1 atom stereocenters. The second kappa shape index (κ2) is 11.0. The van der Waals surface area contributed by atoms with Gasteiger partial charge in [-0.3, -0.25) is 19.3 Å². The molecule has 4 rings (SSSR count). The Hall–Kier alpha value is -4.68. The molecule has 3 N–H and O–H groups in total. The summed E-state index contributed by atoms with van der Waals surface area (Å²) in [6.07, 6.45) is -2.52. The maximum Gasteiger partial charge on any atom is 0.435 e. The van der Waals surface area contributed by atoms with Crippen LogP contribution in [0.25, 0.3) is 11.1 Å². The van der Waals surface area contributed by atoms with Gasteiger partial charge in [-0.25, -0.2) is 13.2 Å². The second-order valence-corrected chi connectivity index (χ2v) is 8.49. The predicted molar refractivity (Wildman–Crippen MR) is 126 cm³/mol. The summed E-state index contributed by atoms with van der Waals surface area (Å²) in [5.74, 6) is -4.37. The first-order valence-corrected chi connectivity index (χ1v) is 11.3. The van der Waals surface area contributed by atoms with Crippen LogP contribution in [0.2, 0.25) is 0 Å². The summed E-state index contributed by atoms with van der Waals surface area (Å²) in [5, 5.41) is 5.97. The number of aromatic nitrogens is 3. The van der Waals surface area contributed by atoms with Gasteiger partial charge in [0.2, 0.25) is 5.91 Å². The van der Waals surface area contributed by atoms with Crippen molar-refractivity contribution in [3.8, 4) is 11.1 Å². The largest absolute Gasteiger partial charge is 0.435 e. The van der Waals surface area contributed by atoms with Crippen molar-refractivity contribution in [3.63, 3.8) is 0 Å². The molecule has 202 valence electrons. The van der Waals surface area contributed by atoms with E-state index in [1.165, 1.54) is 24.4 Å². The number of nitrogens with two attached hydrogens (primary N) is 1. The van der Waals surface area contributed by atoms with E-state index >= 15 is 0 Å². The first kappa shape index (κ1) is 27.4. The Balaban J connectivity index is 1.71. The fraction of sp³-hybridized carbons (Fsp3) is 0.154. The van der Waals surface area contributed by atoms with Gasteiger partial charge in [-0.05, 0) is 53.9 Å². The van der Waals surface area contributed by atoms with Gasteiger partial charge in [0.05, 0.1) is 17.3 Å². The predicted octanol–water partition coefficient (Wildman–Crippen LogP) is 4.58. The van der Waals surface area contributed by atoms with Crippen molar-refractivity contribution in [1.29, 1.82) is 0 Å². The van der Waals surface area contributed by atoms with Gasteiger partial charge in [-0.15, -0.1) is 0 Å². The molecule has 0 radical (unpaired) electrons. The fourth-order valence-electron chi connectivity index (χ4n) is 3.99. The Bertz CT molecular complexity index is 1520. The van der Waals surface area contributed by atoms with Crippen molar-refractivity contribution in [3.05, 3.63) is 107 Å². The molecule has 0 bridgehead atoms. The van der Waals surface area contributed by atoms with E-state index in [4.69, 9.17) is 5.73 Å². The monoisotopic (exact) mass is 547 g/mol. The zero-order valence-electron chi connectivity index (χ0n) is 19.8. The number of nitrogens with zero attached hydrogens (tertiary/aromatic N) is 3. The summed E-state index contributed by atoms with van der Waals surface area (Å²) in [6.45, 7) is -0.603. The van der Waals surface area contributed by atoms with Crippen molar-refractivity contribution in [1.82, 2.24) is 20.1 Å². The Morgan fingerprint density at radius 2 is 1.72 bits per heavy atom. The molecule has 0 saturated heterocycles. The molecular formula is C26H19F6N5O2.